The van der Waals surface area contributed by atoms with Crippen molar-refractivity contribution in [3.8, 4) is 5.75 Å². The van der Waals surface area contributed by atoms with Crippen molar-refractivity contribution in [1.29, 1.82) is 0 Å². The number of aliphatic hydroxyl groups is 1. The van der Waals surface area contributed by atoms with Crippen LogP contribution in [0.2, 0.25) is 0 Å². The Labute approximate surface area is 147 Å². The highest BCUT2D eigenvalue weighted by atomic mass is 16.3. The van der Waals surface area contributed by atoms with E-state index in [2.05, 4.69) is 4.99 Å². The Balaban J connectivity index is 1.94. The smallest absolute Gasteiger partial charge is 0.168 e. The zero-order valence-electron chi connectivity index (χ0n) is 14.1. The van der Waals surface area contributed by atoms with E-state index in [0.29, 0.717) is 29.7 Å². The molecule has 0 amide bonds. The molecule has 128 valence electrons. The zero-order valence-corrected chi connectivity index (χ0v) is 14.1. The van der Waals surface area contributed by atoms with E-state index in [0.717, 1.165) is 5.69 Å². The lowest BCUT2D eigenvalue weighted by molar-refractivity contribution is -0.116. The first-order chi connectivity index (χ1) is 12.1. The minimum atomic E-state index is -0.215. The number of benzene rings is 2. The molecule has 4 heteroatoms. The maximum atomic E-state index is 12.7. The number of aromatic hydroxyl groups is 1. The number of ketones is 1. The molecular weight excluding hydrogens is 314 g/mol. The highest BCUT2D eigenvalue weighted by Crippen LogP contribution is 2.38. The lowest BCUT2D eigenvalue weighted by atomic mass is 9.80. The molecular formula is C21H21NO3. The van der Waals surface area contributed by atoms with Crippen LogP contribution in [0.4, 0.5) is 5.69 Å². The summed E-state index contributed by atoms with van der Waals surface area (Å²) in [5, 5.41) is 20.6. The molecule has 1 unspecified atom stereocenters. The summed E-state index contributed by atoms with van der Waals surface area (Å²) in [7, 11) is 0. The first-order valence-electron chi connectivity index (χ1n) is 8.46. The summed E-state index contributed by atoms with van der Waals surface area (Å²) in [6, 6.07) is 16.4. The molecule has 0 aliphatic heterocycles. The Bertz CT molecular complexity index is 837. The number of aliphatic imine (C=N–C) groups is 1. The van der Waals surface area contributed by atoms with Crippen molar-refractivity contribution in [2.24, 2.45) is 4.99 Å². The van der Waals surface area contributed by atoms with Crippen LogP contribution in [0.15, 0.2) is 70.9 Å². The number of carbonyl (C=O) groups is 1. The van der Waals surface area contributed by atoms with Crippen molar-refractivity contribution in [3.05, 3.63) is 71.5 Å². The number of nitrogens with zero attached hydrogens (tertiary/aromatic N) is 1. The third-order valence-electron chi connectivity index (χ3n) is 4.46. The van der Waals surface area contributed by atoms with Crippen LogP contribution in [0.25, 0.3) is 0 Å². The van der Waals surface area contributed by atoms with Crippen LogP contribution in [0.1, 0.15) is 37.7 Å². The van der Waals surface area contributed by atoms with E-state index in [1.165, 1.54) is 0 Å². The second kappa shape index (κ2) is 7.34. The van der Waals surface area contributed by atoms with Crippen molar-refractivity contribution in [2.45, 2.75) is 32.1 Å². The molecule has 1 aliphatic carbocycles. The summed E-state index contributed by atoms with van der Waals surface area (Å²) >= 11 is 0. The van der Waals surface area contributed by atoms with Crippen LogP contribution >= 0.6 is 0 Å². The average molecular weight is 335 g/mol. The third-order valence-corrected chi connectivity index (χ3v) is 4.46. The van der Waals surface area contributed by atoms with Gasteiger partial charge in [-0.3, -0.25) is 9.79 Å². The minimum absolute atomic E-state index is 0.0565. The topological polar surface area (TPSA) is 69.9 Å². The molecule has 0 radical (unpaired) electrons. The number of hydrogen-bond donors (Lipinski definition) is 2. The van der Waals surface area contributed by atoms with Gasteiger partial charge in [-0.15, -0.1) is 0 Å². The lowest BCUT2D eigenvalue weighted by Crippen LogP contribution is -2.23. The van der Waals surface area contributed by atoms with Gasteiger partial charge >= 0.3 is 0 Å². The van der Waals surface area contributed by atoms with Crippen molar-refractivity contribution < 1.29 is 15.0 Å². The van der Waals surface area contributed by atoms with Gasteiger partial charge in [-0.05, 0) is 30.2 Å². The number of allylic oxidation sites excluding steroid dienone is 2. The van der Waals surface area contributed by atoms with Crippen LogP contribution in [0.3, 0.4) is 0 Å². The van der Waals surface area contributed by atoms with E-state index in [1.54, 1.807) is 18.2 Å². The normalized spacial score (nSPS) is 18.5. The minimum Gasteiger partial charge on any atom is -0.511 e. The molecule has 0 heterocycles. The molecule has 1 aliphatic rings. The van der Waals surface area contributed by atoms with Gasteiger partial charge in [-0.25, -0.2) is 0 Å². The molecule has 0 fully saturated rings. The molecule has 2 aromatic rings. The predicted octanol–water partition coefficient (Wildman–Crippen LogP) is 4.83. The average Bonchev–Trinajstić information content (AvgIpc) is 2.61. The van der Waals surface area contributed by atoms with E-state index >= 15 is 0 Å². The monoisotopic (exact) mass is 335 g/mol. The molecule has 0 aromatic heterocycles. The van der Waals surface area contributed by atoms with E-state index < -0.39 is 0 Å². The van der Waals surface area contributed by atoms with Crippen molar-refractivity contribution in [1.82, 2.24) is 0 Å². The standard InChI is InChI=1S/C21H21NO3/c1-2-17(22-15-8-4-3-5-9-15)21-19(24)12-14(13-20(21)25)16-10-6-7-11-18(16)23/h3-11,14,23-24H,2,12-13H2,1H3. The fourth-order valence-electron chi connectivity index (χ4n) is 3.24. The second-order valence-electron chi connectivity index (χ2n) is 6.16. The fourth-order valence-corrected chi connectivity index (χ4v) is 3.24. The molecule has 3 rings (SSSR count). The van der Waals surface area contributed by atoms with Crippen LogP contribution in [0.5, 0.6) is 5.75 Å². The Kier molecular flexibility index (Phi) is 4.98. The SMILES string of the molecule is CCC(=Nc1ccccc1)C1=C(O)CC(c2ccccc2O)CC1=O. The summed E-state index contributed by atoms with van der Waals surface area (Å²) in [6.07, 6.45) is 1.14. The highest BCUT2D eigenvalue weighted by Gasteiger charge is 2.31. The number of carbonyl (C=O) groups excluding carboxylic acids is 1. The zero-order chi connectivity index (χ0) is 17.8. The second-order valence-corrected chi connectivity index (χ2v) is 6.16. The Morgan fingerprint density at radius 3 is 2.36 bits per heavy atom. The quantitative estimate of drug-likeness (QED) is 0.786. The number of Topliss-reactive ketones (excluding diaryl/α,β-unsaturated/α-hetero) is 1. The van der Waals surface area contributed by atoms with E-state index in [4.69, 9.17) is 0 Å². The van der Waals surface area contributed by atoms with Gasteiger partial charge in [0, 0.05) is 18.8 Å². The van der Waals surface area contributed by atoms with Gasteiger partial charge < -0.3 is 10.2 Å². The molecule has 0 saturated heterocycles. The van der Waals surface area contributed by atoms with Crippen LogP contribution < -0.4 is 0 Å². The molecule has 2 N–H and O–H groups in total. The van der Waals surface area contributed by atoms with Crippen LogP contribution in [-0.4, -0.2) is 21.7 Å². The van der Waals surface area contributed by atoms with Crippen molar-refractivity contribution in [2.75, 3.05) is 0 Å². The number of hydrogen-bond acceptors (Lipinski definition) is 4. The summed E-state index contributed by atoms with van der Waals surface area (Å²) in [5.41, 5.74) is 2.39. The van der Waals surface area contributed by atoms with Crippen molar-refractivity contribution in [3.63, 3.8) is 0 Å². The van der Waals surface area contributed by atoms with Gasteiger partial charge in [0.1, 0.15) is 11.5 Å². The molecule has 4 nitrogen and oxygen atoms in total. The number of aliphatic hydroxyl groups excluding tert-OH is 1. The summed E-state index contributed by atoms with van der Waals surface area (Å²) in [5.74, 6) is -0.132. The molecule has 0 bridgehead atoms. The van der Waals surface area contributed by atoms with Gasteiger partial charge in [0.05, 0.1) is 17.0 Å². The summed E-state index contributed by atoms with van der Waals surface area (Å²) in [4.78, 5) is 17.3. The molecule has 0 spiro atoms. The van der Waals surface area contributed by atoms with Crippen LogP contribution in [0, 0.1) is 0 Å². The molecule has 0 saturated carbocycles. The van der Waals surface area contributed by atoms with Gasteiger partial charge in [0.25, 0.3) is 0 Å². The highest BCUT2D eigenvalue weighted by molar-refractivity contribution is 6.23. The summed E-state index contributed by atoms with van der Waals surface area (Å²) < 4.78 is 0. The number of phenols is 1. The fraction of sp³-hybridized carbons (Fsp3) is 0.238. The van der Waals surface area contributed by atoms with Crippen LogP contribution in [-0.2, 0) is 4.79 Å². The van der Waals surface area contributed by atoms with E-state index in [1.807, 2.05) is 43.3 Å². The Hall–Kier alpha value is -2.88. The van der Waals surface area contributed by atoms with Crippen molar-refractivity contribution >= 4 is 17.2 Å². The lowest BCUT2D eigenvalue weighted by Gasteiger charge is -2.24. The van der Waals surface area contributed by atoms with Gasteiger partial charge in [-0.2, -0.15) is 0 Å². The Morgan fingerprint density at radius 1 is 1.04 bits per heavy atom. The maximum Gasteiger partial charge on any atom is 0.168 e. The van der Waals surface area contributed by atoms with Gasteiger partial charge in [-0.1, -0.05) is 43.3 Å². The number of para-hydroxylation sites is 2. The van der Waals surface area contributed by atoms with E-state index in [9.17, 15) is 15.0 Å². The maximum absolute atomic E-state index is 12.7. The predicted molar refractivity (Wildman–Crippen MR) is 98.6 cm³/mol. The number of rotatable bonds is 4. The third kappa shape index (κ3) is 3.63. The van der Waals surface area contributed by atoms with Gasteiger partial charge in [0.2, 0.25) is 0 Å². The molecule has 25 heavy (non-hydrogen) atoms. The van der Waals surface area contributed by atoms with Gasteiger partial charge in [0.15, 0.2) is 5.78 Å². The first kappa shape index (κ1) is 17.0. The largest absolute Gasteiger partial charge is 0.511 e. The first-order valence-corrected chi connectivity index (χ1v) is 8.46. The molecule has 1 atom stereocenters. The molecule has 2 aromatic carbocycles. The number of phenolic OH excluding ortho intramolecular Hbond substituents is 1. The van der Waals surface area contributed by atoms with E-state index in [-0.39, 0.29) is 29.6 Å². The summed E-state index contributed by atoms with van der Waals surface area (Å²) in [6.45, 7) is 1.92. The Morgan fingerprint density at radius 2 is 1.72 bits per heavy atom.